The number of aryl methyl sites for hydroxylation is 3. The monoisotopic (exact) mass is 286 g/mol. The highest BCUT2D eigenvalue weighted by molar-refractivity contribution is 5.57. The van der Waals surface area contributed by atoms with Crippen molar-refractivity contribution in [3.63, 3.8) is 0 Å². The highest BCUT2D eigenvalue weighted by Crippen LogP contribution is 2.18. The Morgan fingerprint density at radius 1 is 0.818 bits per heavy atom. The van der Waals surface area contributed by atoms with Crippen molar-refractivity contribution in [2.75, 3.05) is 0 Å². The molecule has 0 bridgehead atoms. The maximum atomic E-state index is 4.63. The van der Waals surface area contributed by atoms with Gasteiger partial charge in [0.15, 0.2) is 0 Å². The molecule has 0 amide bonds. The van der Waals surface area contributed by atoms with Crippen LogP contribution in [0.4, 0.5) is 0 Å². The molecule has 1 heterocycles. The van der Waals surface area contributed by atoms with Crippen LogP contribution in [0.2, 0.25) is 0 Å². The first-order valence-electron chi connectivity index (χ1n) is 7.31. The smallest absolute Gasteiger partial charge is 0.141 e. The Labute approximate surface area is 131 Å². The summed E-state index contributed by atoms with van der Waals surface area (Å²) in [5, 5.41) is 0. The Hall–Kier alpha value is -2.79. The summed E-state index contributed by atoms with van der Waals surface area (Å²) in [7, 11) is 2.00. The van der Waals surface area contributed by atoms with Gasteiger partial charge in [0.1, 0.15) is 11.5 Å². The van der Waals surface area contributed by atoms with Crippen molar-refractivity contribution < 1.29 is 0 Å². The Bertz CT molecular complexity index is 841. The van der Waals surface area contributed by atoms with Crippen LogP contribution >= 0.6 is 0 Å². The van der Waals surface area contributed by atoms with Crippen LogP contribution in [0.15, 0.2) is 54.7 Å². The van der Waals surface area contributed by atoms with E-state index in [1.54, 1.807) is 0 Å². The molecule has 1 aromatic heterocycles. The predicted octanol–water partition coefficient (Wildman–Crippen LogP) is 4.10. The number of hydrogen-bond acceptors (Lipinski definition) is 1. The quantitative estimate of drug-likeness (QED) is 0.616. The van der Waals surface area contributed by atoms with E-state index in [0.29, 0.717) is 0 Å². The fourth-order valence-corrected chi connectivity index (χ4v) is 2.27. The van der Waals surface area contributed by atoms with Crippen LogP contribution in [0.1, 0.15) is 22.4 Å². The fraction of sp³-hybridized carbons (Fsp3) is 0.150. The predicted molar refractivity (Wildman–Crippen MR) is 90.5 cm³/mol. The average molecular weight is 286 g/mol. The molecule has 3 aromatic rings. The molecule has 0 spiro atoms. The van der Waals surface area contributed by atoms with Crippen LogP contribution in [0.25, 0.3) is 11.4 Å². The van der Waals surface area contributed by atoms with Crippen molar-refractivity contribution in [2.24, 2.45) is 7.05 Å². The van der Waals surface area contributed by atoms with Gasteiger partial charge < -0.3 is 4.57 Å². The van der Waals surface area contributed by atoms with Gasteiger partial charge in [0, 0.05) is 24.4 Å². The van der Waals surface area contributed by atoms with Crippen LogP contribution in [0.5, 0.6) is 0 Å². The zero-order valence-corrected chi connectivity index (χ0v) is 13.1. The second-order valence-electron chi connectivity index (χ2n) is 5.54. The lowest BCUT2D eigenvalue weighted by atomic mass is 10.1. The molecule has 0 N–H and O–H groups in total. The number of imidazole rings is 1. The summed E-state index contributed by atoms with van der Waals surface area (Å²) < 4.78 is 2.02. The van der Waals surface area contributed by atoms with Crippen LogP contribution in [0.3, 0.4) is 0 Å². The third-order valence-electron chi connectivity index (χ3n) is 3.57. The summed E-state index contributed by atoms with van der Waals surface area (Å²) in [6.45, 7) is 4.16. The molecule has 0 radical (unpaired) electrons. The molecular formula is C20H18N2. The van der Waals surface area contributed by atoms with Crippen LogP contribution in [0, 0.1) is 25.7 Å². The number of benzene rings is 2. The molecular weight excluding hydrogens is 268 g/mol. The zero-order chi connectivity index (χ0) is 15.5. The molecule has 22 heavy (non-hydrogen) atoms. The first kappa shape index (κ1) is 14.2. The minimum atomic E-state index is 0.790. The van der Waals surface area contributed by atoms with E-state index in [1.807, 2.05) is 29.9 Å². The molecule has 2 nitrogen and oxygen atoms in total. The molecule has 3 rings (SSSR count). The summed E-state index contributed by atoms with van der Waals surface area (Å²) in [6.07, 6.45) is 1.97. The molecule has 2 heteroatoms. The van der Waals surface area contributed by atoms with Crippen LogP contribution in [-0.4, -0.2) is 9.55 Å². The number of hydrogen-bond donors (Lipinski definition) is 0. The average Bonchev–Trinajstić information content (AvgIpc) is 2.89. The molecule has 108 valence electrons. The Balaban J connectivity index is 1.90. The van der Waals surface area contributed by atoms with E-state index in [1.165, 1.54) is 11.1 Å². The standard InChI is InChI=1S/C20H18N2/c1-15-4-8-17(9-5-15)10-13-19-14-22(3)20(21-19)18-11-6-16(2)7-12-18/h4-9,11-12,14H,1-3H3. The zero-order valence-electron chi connectivity index (χ0n) is 13.1. The SMILES string of the molecule is Cc1ccc(C#Cc2cn(C)c(-c3ccc(C)cc3)n2)cc1. The van der Waals surface area contributed by atoms with Gasteiger partial charge in [-0.05, 0) is 31.9 Å². The van der Waals surface area contributed by atoms with E-state index in [4.69, 9.17) is 0 Å². The van der Waals surface area contributed by atoms with Crippen LogP contribution < -0.4 is 0 Å². The minimum absolute atomic E-state index is 0.790. The van der Waals surface area contributed by atoms with Gasteiger partial charge in [0.05, 0.1) is 0 Å². The third-order valence-corrected chi connectivity index (χ3v) is 3.57. The molecule has 0 aliphatic heterocycles. The van der Waals surface area contributed by atoms with E-state index in [0.717, 1.165) is 22.6 Å². The normalized spacial score (nSPS) is 10.1. The maximum Gasteiger partial charge on any atom is 0.141 e. The molecule has 0 unspecified atom stereocenters. The summed E-state index contributed by atoms with van der Waals surface area (Å²) >= 11 is 0. The topological polar surface area (TPSA) is 17.8 Å². The van der Waals surface area contributed by atoms with E-state index >= 15 is 0 Å². The number of aromatic nitrogens is 2. The molecule has 2 aromatic carbocycles. The van der Waals surface area contributed by atoms with Gasteiger partial charge in [-0.1, -0.05) is 53.4 Å². The highest BCUT2D eigenvalue weighted by Gasteiger charge is 2.05. The Morgan fingerprint density at radius 3 is 2.05 bits per heavy atom. The molecule has 0 fully saturated rings. The lowest BCUT2D eigenvalue weighted by molar-refractivity contribution is 0.924. The van der Waals surface area contributed by atoms with Gasteiger partial charge in [-0.15, -0.1) is 0 Å². The van der Waals surface area contributed by atoms with Gasteiger partial charge in [0.2, 0.25) is 0 Å². The number of rotatable bonds is 1. The van der Waals surface area contributed by atoms with Crippen molar-refractivity contribution in [1.82, 2.24) is 9.55 Å². The van der Waals surface area contributed by atoms with Crippen molar-refractivity contribution >= 4 is 0 Å². The van der Waals surface area contributed by atoms with Crippen molar-refractivity contribution in [3.05, 3.63) is 77.1 Å². The maximum absolute atomic E-state index is 4.63. The van der Waals surface area contributed by atoms with Gasteiger partial charge >= 0.3 is 0 Å². The summed E-state index contributed by atoms with van der Waals surface area (Å²) in [6, 6.07) is 16.6. The molecule has 0 atom stereocenters. The van der Waals surface area contributed by atoms with E-state index in [-0.39, 0.29) is 0 Å². The third kappa shape index (κ3) is 3.10. The van der Waals surface area contributed by atoms with E-state index in [2.05, 4.69) is 67.1 Å². The Kier molecular flexibility index (Phi) is 3.80. The van der Waals surface area contributed by atoms with Crippen molar-refractivity contribution in [1.29, 1.82) is 0 Å². The van der Waals surface area contributed by atoms with Crippen molar-refractivity contribution in [2.45, 2.75) is 13.8 Å². The minimum Gasteiger partial charge on any atom is -0.333 e. The highest BCUT2D eigenvalue weighted by atomic mass is 15.0. The summed E-state index contributed by atoms with van der Waals surface area (Å²) in [5.41, 5.74) is 5.39. The van der Waals surface area contributed by atoms with Gasteiger partial charge in [0.25, 0.3) is 0 Å². The van der Waals surface area contributed by atoms with E-state index < -0.39 is 0 Å². The molecule has 0 aliphatic carbocycles. The first-order valence-corrected chi connectivity index (χ1v) is 7.31. The van der Waals surface area contributed by atoms with Crippen molar-refractivity contribution in [3.8, 4) is 23.2 Å². The fourth-order valence-electron chi connectivity index (χ4n) is 2.27. The largest absolute Gasteiger partial charge is 0.333 e. The lowest BCUT2D eigenvalue weighted by Crippen LogP contribution is -1.90. The summed E-state index contributed by atoms with van der Waals surface area (Å²) in [4.78, 5) is 4.63. The Morgan fingerprint density at radius 2 is 1.41 bits per heavy atom. The van der Waals surface area contributed by atoms with Gasteiger partial charge in [-0.2, -0.15) is 0 Å². The molecule has 0 saturated heterocycles. The van der Waals surface area contributed by atoms with Gasteiger partial charge in [-0.3, -0.25) is 0 Å². The van der Waals surface area contributed by atoms with Gasteiger partial charge in [-0.25, -0.2) is 4.98 Å². The second kappa shape index (κ2) is 5.91. The molecule has 0 aliphatic rings. The lowest BCUT2D eigenvalue weighted by Gasteiger charge is -2.01. The first-order chi connectivity index (χ1) is 10.6. The summed E-state index contributed by atoms with van der Waals surface area (Å²) in [5.74, 6) is 7.24. The molecule has 0 saturated carbocycles. The second-order valence-corrected chi connectivity index (χ2v) is 5.54. The van der Waals surface area contributed by atoms with Crippen LogP contribution in [-0.2, 0) is 7.05 Å². The van der Waals surface area contributed by atoms with E-state index in [9.17, 15) is 0 Å². The number of nitrogens with zero attached hydrogens (tertiary/aromatic N) is 2.